The van der Waals surface area contributed by atoms with Crippen molar-refractivity contribution in [1.29, 1.82) is 0 Å². The molecule has 0 unspecified atom stereocenters. The summed E-state index contributed by atoms with van der Waals surface area (Å²) in [5.74, 6) is 0. The molecule has 0 heterocycles. The maximum Gasteiger partial charge on any atom is 0.169 e. The molecule has 0 spiro atoms. The van der Waals surface area contributed by atoms with Gasteiger partial charge in [0.05, 0.1) is 0 Å². The van der Waals surface area contributed by atoms with Crippen LogP contribution in [-0.2, 0) is 15.9 Å². The molecule has 1 N–H and O–H groups in total. The van der Waals surface area contributed by atoms with E-state index in [1.54, 1.807) is 14.2 Å². The first kappa shape index (κ1) is 13.2. The third kappa shape index (κ3) is 5.26. The van der Waals surface area contributed by atoms with Crippen molar-refractivity contribution < 1.29 is 9.47 Å². The first-order chi connectivity index (χ1) is 7.86. The molecule has 0 aromatic heterocycles. The lowest BCUT2D eigenvalue weighted by molar-refractivity contribution is -0.0986. The van der Waals surface area contributed by atoms with E-state index in [0.29, 0.717) is 0 Å². The van der Waals surface area contributed by atoms with Gasteiger partial charge in [-0.2, -0.15) is 0 Å². The molecule has 1 aromatic carbocycles. The van der Waals surface area contributed by atoms with E-state index in [1.165, 1.54) is 5.56 Å². The molecule has 3 nitrogen and oxygen atoms in total. The minimum Gasteiger partial charge on any atom is -0.355 e. The Kier molecular flexibility index (Phi) is 6.81. The van der Waals surface area contributed by atoms with Gasteiger partial charge in [0.15, 0.2) is 6.29 Å². The molecule has 0 bridgehead atoms. The Morgan fingerprint density at radius 2 is 1.81 bits per heavy atom. The summed E-state index contributed by atoms with van der Waals surface area (Å²) in [6.07, 6.45) is 2.10. The molecule has 16 heavy (non-hydrogen) atoms. The standard InChI is InChI=1S/C13H21NO2/c1-15-13(16-2)11-14-10-6-9-12-7-4-3-5-8-12/h3-5,7-8,13-14H,6,9-11H2,1-2H3. The van der Waals surface area contributed by atoms with Crippen molar-refractivity contribution in [1.82, 2.24) is 5.32 Å². The lowest BCUT2D eigenvalue weighted by Crippen LogP contribution is -2.30. The molecule has 0 saturated heterocycles. The Balaban J connectivity index is 2.04. The second-order valence-corrected chi connectivity index (χ2v) is 3.69. The smallest absolute Gasteiger partial charge is 0.169 e. The minimum absolute atomic E-state index is 0.142. The van der Waals surface area contributed by atoms with Crippen LogP contribution in [0.3, 0.4) is 0 Å². The molecule has 0 aliphatic rings. The zero-order valence-corrected chi connectivity index (χ0v) is 10.1. The van der Waals surface area contributed by atoms with E-state index >= 15 is 0 Å². The summed E-state index contributed by atoms with van der Waals surface area (Å²) < 4.78 is 10.2. The molecule has 0 fully saturated rings. The number of benzene rings is 1. The summed E-state index contributed by atoms with van der Waals surface area (Å²) in [6, 6.07) is 10.5. The molecule has 0 amide bonds. The Hall–Kier alpha value is -0.900. The fourth-order valence-corrected chi connectivity index (χ4v) is 1.54. The Morgan fingerprint density at radius 1 is 1.12 bits per heavy atom. The third-order valence-corrected chi connectivity index (χ3v) is 2.50. The molecule has 0 radical (unpaired) electrons. The van der Waals surface area contributed by atoms with Crippen LogP contribution in [0.15, 0.2) is 30.3 Å². The number of aryl methyl sites for hydroxylation is 1. The van der Waals surface area contributed by atoms with Crippen molar-refractivity contribution >= 4 is 0 Å². The molecule has 1 aromatic rings. The molecular formula is C13H21NO2. The van der Waals surface area contributed by atoms with Crippen LogP contribution in [0.2, 0.25) is 0 Å². The predicted molar refractivity (Wildman–Crippen MR) is 65.4 cm³/mol. The second-order valence-electron chi connectivity index (χ2n) is 3.69. The van der Waals surface area contributed by atoms with Gasteiger partial charge in [-0.3, -0.25) is 0 Å². The summed E-state index contributed by atoms with van der Waals surface area (Å²) in [6.45, 7) is 1.72. The van der Waals surface area contributed by atoms with Crippen LogP contribution in [0.1, 0.15) is 12.0 Å². The Bertz CT molecular complexity index is 260. The minimum atomic E-state index is -0.142. The van der Waals surface area contributed by atoms with Crippen molar-refractivity contribution in [3.8, 4) is 0 Å². The second kappa shape index (κ2) is 8.28. The molecule has 90 valence electrons. The van der Waals surface area contributed by atoms with Gasteiger partial charge in [0.2, 0.25) is 0 Å². The van der Waals surface area contributed by atoms with E-state index < -0.39 is 0 Å². The largest absolute Gasteiger partial charge is 0.355 e. The first-order valence-electron chi connectivity index (χ1n) is 5.67. The maximum absolute atomic E-state index is 5.08. The van der Waals surface area contributed by atoms with Crippen LogP contribution >= 0.6 is 0 Å². The van der Waals surface area contributed by atoms with Crippen LogP contribution in [0, 0.1) is 0 Å². The maximum atomic E-state index is 5.08. The van der Waals surface area contributed by atoms with Crippen molar-refractivity contribution in [3.63, 3.8) is 0 Å². The van der Waals surface area contributed by atoms with Crippen LogP contribution < -0.4 is 5.32 Å². The molecule has 0 aliphatic carbocycles. The highest BCUT2D eigenvalue weighted by molar-refractivity contribution is 5.14. The Morgan fingerprint density at radius 3 is 2.44 bits per heavy atom. The summed E-state index contributed by atoms with van der Waals surface area (Å²) in [7, 11) is 3.31. The molecular weight excluding hydrogens is 202 g/mol. The molecule has 0 aliphatic heterocycles. The van der Waals surface area contributed by atoms with Gasteiger partial charge in [-0.25, -0.2) is 0 Å². The van der Waals surface area contributed by atoms with Gasteiger partial charge >= 0.3 is 0 Å². The number of ether oxygens (including phenoxy) is 2. The van der Waals surface area contributed by atoms with E-state index in [0.717, 1.165) is 25.9 Å². The summed E-state index contributed by atoms with van der Waals surface area (Å²) in [5.41, 5.74) is 1.39. The SMILES string of the molecule is COC(CNCCCc1ccccc1)OC. The van der Waals surface area contributed by atoms with Crippen LogP contribution in [0.4, 0.5) is 0 Å². The van der Waals surface area contributed by atoms with Crippen molar-refractivity contribution in [2.45, 2.75) is 19.1 Å². The van der Waals surface area contributed by atoms with Gasteiger partial charge in [-0.05, 0) is 24.9 Å². The van der Waals surface area contributed by atoms with Crippen molar-refractivity contribution in [2.24, 2.45) is 0 Å². The number of methoxy groups -OCH3 is 2. The lowest BCUT2D eigenvalue weighted by Gasteiger charge is -2.13. The number of nitrogens with one attached hydrogen (secondary N) is 1. The van der Waals surface area contributed by atoms with E-state index in [4.69, 9.17) is 9.47 Å². The summed E-state index contributed by atoms with van der Waals surface area (Å²) >= 11 is 0. The van der Waals surface area contributed by atoms with Gasteiger partial charge in [-0.15, -0.1) is 0 Å². The highest BCUT2D eigenvalue weighted by Crippen LogP contribution is 2.01. The average Bonchev–Trinajstić information content (AvgIpc) is 2.35. The molecule has 3 heteroatoms. The topological polar surface area (TPSA) is 30.5 Å². The Labute approximate surface area is 97.8 Å². The van der Waals surface area contributed by atoms with Crippen LogP contribution in [0.5, 0.6) is 0 Å². The molecule has 1 rings (SSSR count). The summed E-state index contributed by atoms with van der Waals surface area (Å²) in [4.78, 5) is 0. The number of rotatable bonds is 8. The lowest BCUT2D eigenvalue weighted by atomic mass is 10.1. The fraction of sp³-hybridized carbons (Fsp3) is 0.538. The van der Waals surface area contributed by atoms with Gasteiger partial charge in [0.1, 0.15) is 0 Å². The monoisotopic (exact) mass is 223 g/mol. The quantitative estimate of drug-likeness (QED) is 0.539. The van der Waals surface area contributed by atoms with E-state index in [9.17, 15) is 0 Å². The zero-order chi connectivity index (χ0) is 11.6. The zero-order valence-electron chi connectivity index (χ0n) is 10.1. The van der Waals surface area contributed by atoms with Crippen LogP contribution in [-0.4, -0.2) is 33.6 Å². The summed E-state index contributed by atoms with van der Waals surface area (Å²) in [5, 5.41) is 3.31. The normalized spacial score (nSPS) is 10.9. The van der Waals surface area contributed by atoms with Gasteiger partial charge < -0.3 is 14.8 Å². The van der Waals surface area contributed by atoms with Gasteiger partial charge in [0.25, 0.3) is 0 Å². The van der Waals surface area contributed by atoms with Crippen LogP contribution in [0.25, 0.3) is 0 Å². The average molecular weight is 223 g/mol. The molecule has 0 saturated carbocycles. The van der Waals surface area contributed by atoms with E-state index in [1.807, 2.05) is 6.07 Å². The first-order valence-corrected chi connectivity index (χ1v) is 5.67. The number of hydrogen-bond donors (Lipinski definition) is 1. The van der Waals surface area contributed by atoms with Crippen molar-refractivity contribution in [3.05, 3.63) is 35.9 Å². The third-order valence-electron chi connectivity index (χ3n) is 2.50. The van der Waals surface area contributed by atoms with Gasteiger partial charge in [-0.1, -0.05) is 30.3 Å². The highest BCUT2D eigenvalue weighted by Gasteiger charge is 2.02. The molecule has 0 atom stereocenters. The predicted octanol–water partition coefficient (Wildman–Crippen LogP) is 1.83. The fourth-order valence-electron chi connectivity index (χ4n) is 1.54. The van der Waals surface area contributed by atoms with Crippen molar-refractivity contribution in [2.75, 3.05) is 27.3 Å². The van der Waals surface area contributed by atoms with E-state index in [2.05, 4.69) is 29.6 Å². The number of hydrogen-bond acceptors (Lipinski definition) is 3. The highest BCUT2D eigenvalue weighted by atomic mass is 16.7. The van der Waals surface area contributed by atoms with E-state index in [-0.39, 0.29) is 6.29 Å². The van der Waals surface area contributed by atoms with Gasteiger partial charge in [0, 0.05) is 20.8 Å².